The molecule has 0 spiro atoms. The maximum atomic E-state index is 11.8. The molecular formula is C26H22ClN3O2S. The number of carbonyl (C=O) groups is 1. The SMILES string of the molecule is O=C1COc2ccc(-c3csc(=Nc4cccc(Cl)c4)n3CCCc3ccccc3)cc2N1. The van der Waals surface area contributed by atoms with Gasteiger partial charge in [0.05, 0.1) is 17.1 Å². The van der Waals surface area contributed by atoms with Gasteiger partial charge < -0.3 is 14.6 Å². The summed E-state index contributed by atoms with van der Waals surface area (Å²) in [6, 6.07) is 23.9. The van der Waals surface area contributed by atoms with E-state index in [1.165, 1.54) is 5.56 Å². The van der Waals surface area contributed by atoms with Crippen LogP contribution in [-0.2, 0) is 17.8 Å². The van der Waals surface area contributed by atoms with E-state index in [1.807, 2.05) is 48.5 Å². The number of amides is 1. The third-order valence-corrected chi connectivity index (χ3v) is 6.53. The van der Waals surface area contributed by atoms with E-state index in [2.05, 4.69) is 39.5 Å². The molecule has 0 saturated heterocycles. The maximum absolute atomic E-state index is 11.8. The van der Waals surface area contributed by atoms with Crippen LogP contribution in [0.15, 0.2) is 83.2 Å². The van der Waals surface area contributed by atoms with Crippen LogP contribution in [0.25, 0.3) is 11.3 Å². The Kier molecular flexibility index (Phi) is 6.28. The predicted octanol–water partition coefficient (Wildman–Crippen LogP) is 6.07. The zero-order valence-electron chi connectivity index (χ0n) is 17.8. The molecule has 0 atom stereocenters. The van der Waals surface area contributed by atoms with Crippen LogP contribution >= 0.6 is 22.9 Å². The highest BCUT2D eigenvalue weighted by Gasteiger charge is 2.18. The highest BCUT2D eigenvalue weighted by atomic mass is 35.5. The van der Waals surface area contributed by atoms with Crippen molar-refractivity contribution in [3.63, 3.8) is 0 Å². The number of ether oxygens (including phenoxy) is 1. The Morgan fingerprint density at radius 3 is 2.79 bits per heavy atom. The topological polar surface area (TPSA) is 55.6 Å². The molecule has 5 rings (SSSR count). The zero-order valence-corrected chi connectivity index (χ0v) is 19.4. The second-order valence-electron chi connectivity index (χ2n) is 7.78. The Bertz CT molecular complexity index is 1360. The minimum Gasteiger partial charge on any atom is -0.482 e. The van der Waals surface area contributed by atoms with Gasteiger partial charge in [-0.15, -0.1) is 11.3 Å². The maximum Gasteiger partial charge on any atom is 0.262 e. The standard InChI is InChI=1S/C26H22ClN3O2S/c27-20-9-4-10-21(15-20)28-26-30(13-5-8-18-6-2-1-3-7-18)23(17-33-26)19-11-12-24-22(14-19)29-25(31)16-32-24/h1-4,6-7,9-12,14-15,17H,5,8,13,16H2,(H,29,31). The Hall–Kier alpha value is -3.35. The largest absolute Gasteiger partial charge is 0.482 e. The summed E-state index contributed by atoms with van der Waals surface area (Å²) in [6.45, 7) is 0.861. The van der Waals surface area contributed by atoms with Gasteiger partial charge in [-0.2, -0.15) is 0 Å². The number of rotatable bonds is 6. The molecule has 0 saturated carbocycles. The predicted molar refractivity (Wildman–Crippen MR) is 133 cm³/mol. The molecule has 2 heterocycles. The smallest absolute Gasteiger partial charge is 0.262 e. The van der Waals surface area contributed by atoms with Gasteiger partial charge >= 0.3 is 0 Å². The lowest BCUT2D eigenvalue weighted by atomic mass is 10.1. The number of carbonyl (C=O) groups excluding carboxylic acids is 1. The highest BCUT2D eigenvalue weighted by Crippen LogP contribution is 2.33. The van der Waals surface area contributed by atoms with Crippen molar-refractivity contribution >= 4 is 40.2 Å². The second-order valence-corrected chi connectivity index (χ2v) is 9.06. The summed E-state index contributed by atoms with van der Waals surface area (Å²) < 4.78 is 7.76. The molecule has 0 bridgehead atoms. The summed E-state index contributed by atoms with van der Waals surface area (Å²) in [7, 11) is 0. The monoisotopic (exact) mass is 475 g/mol. The van der Waals surface area contributed by atoms with E-state index in [-0.39, 0.29) is 12.5 Å². The summed E-state index contributed by atoms with van der Waals surface area (Å²) in [5.74, 6) is 0.547. The highest BCUT2D eigenvalue weighted by molar-refractivity contribution is 7.07. The molecule has 3 aromatic carbocycles. The number of anilines is 1. The van der Waals surface area contributed by atoms with E-state index < -0.39 is 0 Å². The minimum absolute atomic E-state index is 0.0486. The number of aromatic nitrogens is 1. The molecule has 1 aliphatic rings. The number of halogens is 1. The van der Waals surface area contributed by atoms with Gasteiger partial charge in [0.15, 0.2) is 11.4 Å². The lowest BCUT2D eigenvalue weighted by Gasteiger charge is -2.19. The van der Waals surface area contributed by atoms with Gasteiger partial charge in [-0.25, -0.2) is 4.99 Å². The van der Waals surface area contributed by atoms with Crippen molar-refractivity contribution in [2.45, 2.75) is 19.4 Å². The molecule has 0 unspecified atom stereocenters. The van der Waals surface area contributed by atoms with Gasteiger partial charge in [0.25, 0.3) is 5.91 Å². The van der Waals surface area contributed by atoms with Crippen molar-refractivity contribution in [3.05, 3.63) is 93.6 Å². The Balaban J connectivity index is 1.51. The van der Waals surface area contributed by atoms with Crippen LogP contribution in [0.3, 0.4) is 0 Å². The van der Waals surface area contributed by atoms with E-state index in [0.29, 0.717) is 16.5 Å². The number of nitrogens with one attached hydrogen (secondary N) is 1. The quantitative estimate of drug-likeness (QED) is 0.368. The van der Waals surface area contributed by atoms with E-state index >= 15 is 0 Å². The molecule has 5 nitrogen and oxygen atoms in total. The number of benzene rings is 3. The van der Waals surface area contributed by atoms with Crippen molar-refractivity contribution in [3.8, 4) is 17.0 Å². The third kappa shape index (κ3) is 5.02. The first-order valence-corrected chi connectivity index (χ1v) is 12.0. The molecule has 7 heteroatoms. The Morgan fingerprint density at radius 1 is 1.06 bits per heavy atom. The summed E-state index contributed by atoms with van der Waals surface area (Å²) in [6.07, 6.45) is 1.95. The average Bonchev–Trinajstić information content (AvgIpc) is 3.21. The van der Waals surface area contributed by atoms with Crippen LogP contribution in [0.1, 0.15) is 12.0 Å². The fraction of sp³-hybridized carbons (Fsp3) is 0.154. The zero-order chi connectivity index (χ0) is 22.6. The van der Waals surface area contributed by atoms with Gasteiger partial charge in [0, 0.05) is 22.5 Å². The number of nitrogens with zero attached hydrogens (tertiary/aromatic N) is 2. The Morgan fingerprint density at radius 2 is 1.94 bits per heavy atom. The normalized spacial score (nSPS) is 13.4. The number of hydrogen-bond acceptors (Lipinski definition) is 4. The first kappa shape index (κ1) is 21.5. The van der Waals surface area contributed by atoms with Gasteiger partial charge in [-0.3, -0.25) is 4.79 Å². The van der Waals surface area contributed by atoms with Crippen LogP contribution in [0.2, 0.25) is 5.02 Å². The summed E-state index contributed by atoms with van der Waals surface area (Å²) in [5, 5.41) is 5.67. The molecule has 33 heavy (non-hydrogen) atoms. The molecule has 0 fully saturated rings. The first-order valence-electron chi connectivity index (χ1n) is 10.8. The molecule has 1 N–H and O–H groups in total. The van der Waals surface area contributed by atoms with Crippen molar-refractivity contribution in [2.75, 3.05) is 11.9 Å². The molecule has 1 aliphatic heterocycles. The van der Waals surface area contributed by atoms with Gasteiger partial charge in [-0.05, 0) is 54.8 Å². The van der Waals surface area contributed by atoms with Crippen molar-refractivity contribution in [2.24, 2.45) is 4.99 Å². The van der Waals surface area contributed by atoms with Crippen LogP contribution in [0.5, 0.6) is 5.75 Å². The number of aryl methyl sites for hydroxylation is 1. The van der Waals surface area contributed by atoms with E-state index in [0.717, 1.165) is 41.1 Å². The third-order valence-electron chi connectivity index (χ3n) is 5.43. The summed E-state index contributed by atoms with van der Waals surface area (Å²) in [5.41, 5.74) is 4.88. The molecule has 0 aliphatic carbocycles. The molecule has 1 amide bonds. The summed E-state index contributed by atoms with van der Waals surface area (Å²) in [4.78, 5) is 17.6. The number of thiazole rings is 1. The number of fused-ring (bicyclic) bond motifs is 1. The molecule has 0 radical (unpaired) electrons. The van der Waals surface area contributed by atoms with Gasteiger partial charge in [-0.1, -0.05) is 48.0 Å². The van der Waals surface area contributed by atoms with Crippen LogP contribution < -0.4 is 14.9 Å². The van der Waals surface area contributed by atoms with E-state index in [4.69, 9.17) is 21.3 Å². The van der Waals surface area contributed by atoms with Crippen LogP contribution in [-0.4, -0.2) is 17.1 Å². The van der Waals surface area contributed by atoms with Gasteiger partial charge in [0.1, 0.15) is 5.75 Å². The fourth-order valence-electron chi connectivity index (χ4n) is 3.85. The van der Waals surface area contributed by atoms with Crippen LogP contribution in [0.4, 0.5) is 11.4 Å². The minimum atomic E-state index is -0.141. The van der Waals surface area contributed by atoms with E-state index in [1.54, 1.807) is 11.3 Å². The van der Waals surface area contributed by atoms with Crippen molar-refractivity contribution in [1.29, 1.82) is 0 Å². The molecular weight excluding hydrogens is 454 g/mol. The van der Waals surface area contributed by atoms with Gasteiger partial charge in [0.2, 0.25) is 0 Å². The fourth-order valence-corrected chi connectivity index (χ4v) is 4.99. The molecule has 4 aromatic rings. The first-order chi connectivity index (χ1) is 16.2. The lowest BCUT2D eigenvalue weighted by molar-refractivity contribution is -0.118. The van der Waals surface area contributed by atoms with Crippen LogP contribution in [0, 0.1) is 0 Å². The average molecular weight is 476 g/mol. The van der Waals surface area contributed by atoms with Crippen molar-refractivity contribution in [1.82, 2.24) is 4.57 Å². The Labute approximate surface area is 201 Å². The molecule has 1 aromatic heterocycles. The molecule has 166 valence electrons. The van der Waals surface area contributed by atoms with E-state index in [9.17, 15) is 4.79 Å². The summed E-state index contributed by atoms with van der Waals surface area (Å²) >= 11 is 7.76. The van der Waals surface area contributed by atoms with Crippen molar-refractivity contribution < 1.29 is 9.53 Å². The lowest BCUT2D eigenvalue weighted by Crippen LogP contribution is -2.25. The number of hydrogen-bond donors (Lipinski definition) is 1. The second kappa shape index (κ2) is 9.65.